The third-order valence-corrected chi connectivity index (χ3v) is 4.83. The SMILES string of the molecule is O=C(CCN1CCCC2CCCC21)c1ccccc1. The van der Waals surface area contributed by atoms with Crippen LogP contribution in [-0.2, 0) is 0 Å². The molecule has 0 aromatic heterocycles. The summed E-state index contributed by atoms with van der Waals surface area (Å²) >= 11 is 0. The minimum atomic E-state index is 0.292. The molecule has 1 aromatic carbocycles. The van der Waals surface area contributed by atoms with Gasteiger partial charge in [0.25, 0.3) is 0 Å². The fraction of sp³-hybridized carbons (Fsp3) is 0.588. The highest BCUT2D eigenvalue weighted by molar-refractivity contribution is 5.96. The predicted molar refractivity (Wildman–Crippen MR) is 77.3 cm³/mol. The van der Waals surface area contributed by atoms with Crippen LogP contribution in [0, 0.1) is 5.92 Å². The molecule has 1 aliphatic heterocycles. The van der Waals surface area contributed by atoms with Crippen molar-refractivity contribution in [1.29, 1.82) is 0 Å². The lowest BCUT2D eigenvalue weighted by Crippen LogP contribution is -2.43. The second-order valence-electron chi connectivity index (χ2n) is 5.98. The van der Waals surface area contributed by atoms with E-state index in [0.29, 0.717) is 12.2 Å². The summed E-state index contributed by atoms with van der Waals surface area (Å²) in [5, 5.41) is 0. The van der Waals surface area contributed by atoms with Gasteiger partial charge in [0.2, 0.25) is 0 Å². The molecule has 2 heteroatoms. The van der Waals surface area contributed by atoms with Gasteiger partial charge in [0.1, 0.15) is 0 Å². The highest BCUT2D eigenvalue weighted by Crippen LogP contribution is 2.36. The number of hydrogen-bond donors (Lipinski definition) is 0. The van der Waals surface area contributed by atoms with E-state index >= 15 is 0 Å². The number of rotatable bonds is 4. The first kappa shape index (κ1) is 12.9. The monoisotopic (exact) mass is 257 g/mol. The average molecular weight is 257 g/mol. The van der Waals surface area contributed by atoms with Gasteiger partial charge in [0, 0.05) is 24.6 Å². The fourth-order valence-corrected chi connectivity index (χ4v) is 3.85. The molecule has 0 amide bonds. The molecule has 2 nitrogen and oxygen atoms in total. The van der Waals surface area contributed by atoms with Gasteiger partial charge < -0.3 is 0 Å². The van der Waals surface area contributed by atoms with E-state index in [2.05, 4.69) is 4.90 Å². The van der Waals surface area contributed by atoms with E-state index < -0.39 is 0 Å². The molecule has 3 rings (SSSR count). The molecule has 0 radical (unpaired) electrons. The minimum Gasteiger partial charge on any atom is -0.300 e. The summed E-state index contributed by atoms with van der Waals surface area (Å²) in [6.45, 7) is 2.15. The smallest absolute Gasteiger partial charge is 0.164 e. The topological polar surface area (TPSA) is 20.3 Å². The summed E-state index contributed by atoms with van der Waals surface area (Å²) in [7, 11) is 0. The molecular weight excluding hydrogens is 234 g/mol. The van der Waals surface area contributed by atoms with Crippen LogP contribution in [0.4, 0.5) is 0 Å². The molecule has 2 unspecified atom stereocenters. The number of carbonyl (C=O) groups excluding carboxylic acids is 1. The van der Waals surface area contributed by atoms with E-state index in [1.54, 1.807) is 0 Å². The molecule has 1 aromatic rings. The van der Waals surface area contributed by atoms with Gasteiger partial charge in [-0.15, -0.1) is 0 Å². The van der Waals surface area contributed by atoms with E-state index in [9.17, 15) is 4.79 Å². The predicted octanol–water partition coefficient (Wildman–Crippen LogP) is 3.52. The number of carbonyl (C=O) groups is 1. The Bertz CT molecular complexity index is 428. The summed E-state index contributed by atoms with van der Waals surface area (Å²) < 4.78 is 0. The van der Waals surface area contributed by atoms with Crippen molar-refractivity contribution < 1.29 is 4.79 Å². The first-order valence-electron chi connectivity index (χ1n) is 7.67. The van der Waals surface area contributed by atoms with Crippen LogP contribution in [0.1, 0.15) is 48.9 Å². The van der Waals surface area contributed by atoms with Gasteiger partial charge in [0.15, 0.2) is 5.78 Å². The lowest BCUT2D eigenvalue weighted by Gasteiger charge is -2.37. The number of hydrogen-bond acceptors (Lipinski definition) is 2. The summed E-state index contributed by atoms with van der Waals surface area (Å²) in [6.07, 6.45) is 7.55. The zero-order valence-corrected chi connectivity index (χ0v) is 11.6. The number of fused-ring (bicyclic) bond motifs is 1. The molecule has 1 aliphatic carbocycles. The zero-order valence-electron chi connectivity index (χ0n) is 11.6. The molecule has 0 spiro atoms. The Labute approximate surface area is 115 Å². The van der Waals surface area contributed by atoms with Crippen LogP contribution in [0.5, 0.6) is 0 Å². The summed E-state index contributed by atoms with van der Waals surface area (Å²) in [5.41, 5.74) is 0.863. The van der Waals surface area contributed by atoms with Gasteiger partial charge in [0.05, 0.1) is 0 Å². The van der Waals surface area contributed by atoms with E-state index in [-0.39, 0.29) is 0 Å². The highest BCUT2D eigenvalue weighted by atomic mass is 16.1. The van der Waals surface area contributed by atoms with Gasteiger partial charge >= 0.3 is 0 Å². The van der Waals surface area contributed by atoms with Crippen molar-refractivity contribution in [2.24, 2.45) is 5.92 Å². The largest absolute Gasteiger partial charge is 0.300 e. The summed E-state index contributed by atoms with van der Waals surface area (Å²) in [5.74, 6) is 1.21. The first-order valence-corrected chi connectivity index (χ1v) is 7.67. The van der Waals surface area contributed by atoms with Gasteiger partial charge in [-0.2, -0.15) is 0 Å². The maximum absolute atomic E-state index is 12.2. The number of nitrogens with zero attached hydrogens (tertiary/aromatic N) is 1. The Kier molecular flexibility index (Phi) is 3.97. The average Bonchev–Trinajstić information content (AvgIpc) is 2.94. The van der Waals surface area contributed by atoms with Gasteiger partial charge in [-0.25, -0.2) is 0 Å². The lowest BCUT2D eigenvalue weighted by atomic mass is 9.91. The summed E-state index contributed by atoms with van der Waals surface area (Å²) in [4.78, 5) is 14.7. The van der Waals surface area contributed by atoms with Crippen molar-refractivity contribution in [3.63, 3.8) is 0 Å². The standard InChI is InChI=1S/C17H23NO/c19-17(15-6-2-1-3-7-15)11-13-18-12-5-9-14-8-4-10-16(14)18/h1-3,6-7,14,16H,4-5,8-13H2. The third kappa shape index (κ3) is 2.89. The number of benzene rings is 1. The van der Waals surface area contributed by atoms with Crippen molar-refractivity contribution in [3.05, 3.63) is 35.9 Å². The van der Waals surface area contributed by atoms with E-state index in [4.69, 9.17) is 0 Å². The van der Waals surface area contributed by atoms with Crippen LogP contribution in [0.2, 0.25) is 0 Å². The zero-order chi connectivity index (χ0) is 13.1. The molecule has 102 valence electrons. The third-order valence-electron chi connectivity index (χ3n) is 4.83. The van der Waals surface area contributed by atoms with Crippen LogP contribution in [0.3, 0.4) is 0 Å². The number of piperidine rings is 1. The number of Topliss-reactive ketones (excluding diaryl/α,β-unsaturated/α-hetero) is 1. The van der Waals surface area contributed by atoms with Crippen molar-refractivity contribution >= 4 is 5.78 Å². The van der Waals surface area contributed by atoms with Crippen LogP contribution in [-0.4, -0.2) is 29.8 Å². The van der Waals surface area contributed by atoms with E-state index in [1.807, 2.05) is 30.3 Å². The highest BCUT2D eigenvalue weighted by Gasteiger charge is 2.34. The molecule has 1 heterocycles. The molecule has 1 saturated carbocycles. The van der Waals surface area contributed by atoms with Crippen LogP contribution >= 0.6 is 0 Å². The van der Waals surface area contributed by atoms with Gasteiger partial charge in [-0.3, -0.25) is 9.69 Å². The van der Waals surface area contributed by atoms with Crippen LogP contribution < -0.4 is 0 Å². The molecule has 2 aliphatic rings. The minimum absolute atomic E-state index is 0.292. The van der Waals surface area contributed by atoms with Crippen molar-refractivity contribution in [2.45, 2.75) is 44.6 Å². The van der Waals surface area contributed by atoms with Crippen LogP contribution in [0.15, 0.2) is 30.3 Å². The second-order valence-corrected chi connectivity index (χ2v) is 5.98. The van der Waals surface area contributed by atoms with Gasteiger partial charge in [-0.05, 0) is 38.1 Å². The van der Waals surface area contributed by atoms with Crippen molar-refractivity contribution in [2.75, 3.05) is 13.1 Å². The number of likely N-dealkylation sites (tertiary alicyclic amines) is 1. The normalized spacial score (nSPS) is 27.2. The Balaban J connectivity index is 1.55. The second kappa shape index (κ2) is 5.87. The first-order chi connectivity index (χ1) is 9.34. The van der Waals surface area contributed by atoms with Gasteiger partial charge in [-0.1, -0.05) is 36.8 Å². The van der Waals surface area contributed by atoms with Crippen LogP contribution in [0.25, 0.3) is 0 Å². The molecule has 0 bridgehead atoms. The Hall–Kier alpha value is -1.15. The Morgan fingerprint density at radius 2 is 1.89 bits per heavy atom. The molecule has 19 heavy (non-hydrogen) atoms. The van der Waals surface area contributed by atoms with E-state index in [0.717, 1.165) is 24.1 Å². The maximum atomic E-state index is 12.2. The number of ketones is 1. The summed E-state index contributed by atoms with van der Waals surface area (Å²) in [6, 6.07) is 10.5. The molecule has 0 N–H and O–H groups in total. The van der Waals surface area contributed by atoms with Crippen molar-refractivity contribution in [3.8, 4) is 0 Å². The lowest BCUT2D eigenvalue weighted by molar-refractivity contribution is 0.0875. The molecular formula is C17H23NO. The maximum Gasteiger partial charge on any atom is 0.164 e. The Morgan fingerprint density at radius 1 is 1.11 bits per heavy atom. The quantitative estimate of drug-likeness (QED) is 0.769. The fourth-order valence-electron chi connectivity index (χ4n) is 3.85. The Morgan fingerprint density at radius 3 is 2.74 bits per heavy atom. The van der Waals surface area contributed by atoms with Crippen molar-refractivity contribution in [1.82, 2.24) is 4.90 Å². The molecule has 2 atom stereocenters. The molecule has 1 saturated heterocycles. The molecule has 2 fully saturated rings. The van der Waals surface area contributed by atoms with E-state index in [1.165, 1.54) is 38.6 Å².